The molecular formula is C24H18Cl2N2O4. The van der Waals surface area contributed by atoms with E-state index in [-0.39, 0.29) is 6.61 Å². The molecule has 0 radical (unpaired) electrons. The van der Waals surface area contributed by atoms with Gasteiger partial charge in [0.2, 0.25) is 0 Å². The predicted molar refractivity (Wildman–Crippen MR) is 125 cm³/mol. The van der Waals surface area contributed by atoms with Gasteiger partial charge in [0, 0.05) is 11.1 Å². The van der Waals surface area contributed by atoms with Gasteiger partial charge in [-0.3, -0.25) is 4.79 Å². The summed E-state index contributed by atoms with van der Waals surface area (Å²) in [4.78, 5) is 23.8. The number of halogens is 2. The molecule has 8 heteroatoms. The third-order valence-electron chi connectivity index (χ3n) is 3.97. The number of nitrogens with zero attached hydrogens (tertiary/aromatic N) is 1. The van der Waals surface area contributed by atoms with Gasteiger partial charge in [0.05, 0.1) is 11.2 Å². The summed E-state index contributed by atoms with van der Waals surface area (Å²) in [6.07, 6.45) is 4.49. The van der Waals surface area contributed by atoms with E-state index in [1.807, 2.05) is 30.3 Å². The van der Waals surface area contributed by atoms with Crippen molar-refractivity contribution in [2.24, 2.45) is 5.10 Å². The number of ether oxygens (including phenoxy) is 2. The Morgan fingerprint density at radius 3 is 2.41 bits per heavy atom. The largest absolute Gasteiger partial charge is 0.482 e. The van der Waals surface area contributed by atoms with Gasteiger partial charge in [-0.05, 0) is 59.7 Å². The van der Waals surface area contributed by atoms with E-state index in [0.717, 1.165) is 5.56 Å². The molecule has 0 saturated carbocycles. The molecule has 0 aliphatic heterocycles. The van der Waals surface area contributed by atoms with Crippen LogP contribution in [0.2, 0.25) is 10.0 Å². The summed E-state index contributed by atoms with van der Waals surface area (Å²) in [5.74, 6) is -0.201. The topological polar surface area (TPSA) is 77.0 Å². The number of carbonyl (C=O) groups is 2. The third kappa shape index (κ3) is 7.58. The lowest BCUT2D eigenvalue weighted by Gasteiger charge is -2.07. The van der Waals surface area contributed by atoms with E-state index in [1.54, 1.807) is 42.5 Å². The van der Waals surface area contributed by atoms with Gasteiger partial charge >= 0.3 is 5.97 Å². The fourth-order valence-corrected chi connectivity index (χ4v) is 2.91. The van der Waals surface area contributed by atoms with Crippen LogP contribution in [-0.4, -0.2) is 24.7 Å². The number of carbonyl (C=O) groups excluding carboxylic acids is 2. The van der Waals surface area contributed by atoms with Crippen molar-refractivity contribution in [2.45, 2.75) is 0 Å². The lowest BCUT2D eigenvalue weighted by Crippen LogP contribution is -2.24. The van der Waals surface area contributed by atoms with E-state index in [1.165, 1.54) is 18.4 Å². The minimum absolute atomic E-state index is 0.260. The Kier molecular flexibility index (Phi) is 8.43. The highest BCUT2D eigenvalue weighted by molar-refractivity contribution is 6.35. The Balaban J connectivity index is 1.43. The third-order valence-corrected chi connectivity index (χ3v) is 4.50. The number of benzene rings is 3. The van der Waals surface area contributed by atoms with Crippen LogP contribution in [0.4, 0.5) is 0 Å². The number of hydrogen-bond acceptors (Lipinski definition) is 5. The summed E-state index contributed by atoms with van der Waals surface area (Å²) in [6, 6.07) is 20.8. The number of nitrogens with one attached hydrogen (secondary N) is 1. The van der Waals surface area contributed by atoms with Crippen molar-refractivity contribution in [2.75, 3.05) is 6.61 Å². The maximum Gasteiger partial charge on any atom is 0.336 e. The second kappa shape index (κ2) is 11.7. The quantitative estimate of drug-likeness (QED) is 0.163. The summed E-state index contributed by atoms with van der Waals surface area (Å²) in [6.45, 7) is -0.260. The minimum Gasteiger partial charge on any atom is -0.482 e. The van der Waals surface area contributed by atoms with Gasteiger partial charge in [-0.25, -0.2) is 10.2 Å². The number of amides is 1. The van der Waals surface area contributed by atoms with Crippen molar-refractivity contribution in [1.82, 2.24) is 5.43 Å². The Morgan fingerprint density at radius 2 is 1.69 bits per heavy atom. The molecule has 0 saturated heterocycles. The standard InChI is InChI=1S/C24H18Cl2N2O4/c25-19-9-12-22(21(26)14-19)31-16-23(29)28-27-15-18-6-10-20(11-7-18)32-24(30)13-8-17-4-2-1-3-5-17/h1-15H,16H2,(H,28,29)/b13-8+,27-15+. The summed E-state index contributed by atoms with van der Waals surface area (Å²) in [5.41, 5.74) is 3.96. The molecule has 0 unspecified atom stereocenters. The average molecular weight is 469 g/mol. The maximum absolute atomic E-state index is 11.9. The lowest BCUT2D eigenvalue weighted by molar-refractivity contribution is -0.129. The maximum atomic E-state index is 11.9. The molecule has 0 bridgehead atoms. The zero-order chi connectivity index (χ0) is 22.8. The molecule has 32 heavy (non-hydrogen) atoms. The molecule has 0 fully saturated rings. The highest BCUT2D eigenvalue weighted by Gasteiger charge is 2.06. The van der Waals surface area contributed by atoms with Gasteiger partial charge in [-0.15, -0.1) is 0 Å². The van der Waals surface area contributed by atoms with Gasteiger partial charge in [0.15, 0.2) is 6.61 Å². The Bertz CT molecular complexity index is 1130. The van der Waals surface area contributed by atoms with Crippen molar-refractivity contribution < 1.29 is 19.1 Å². The van der Waals surface area contributed by atoms with Crippen LogP contribution in [0.1, 0.15) is 11.1 Å². The lowest BCUT2D eigenvalue weighted by atomic mass is 10.2. The molecule has 3 aromatic carbocycles. The monoisotopic (exact) mass is 468 g/mol. The van der Waals surface area contributed by atoms with E-state index in [2.05, 4.69) is 10.5 Å². The molecule has 0 heterocycles. The van der Waals surface area contributed by atoms with Crippen molar-refractivity contribution in [3.8, 4) is 11.5 Å². The molecule has 0 aliphatic rings. The predicted octanol–water partition coefficient (Wildman–Crippen LogP) is 5.14. The summed E-state index contributed by atoms with van der Waals surface area (Å²) in [5, 5.41) is 4.65. The minimum atomic E-state index is -0.483. The zero-order valence-corrected chi connectivity index (χ0v) is 18.2. The second-order valence-electron chi connectivity index (χ2n) is 6.39. The van der Waals surface area contributed by atoms with Crippen LogP contribution in [0.5, 0.6) is 11.5 Å². The molecular weight excluding hydrogens is 451 g/mol. The molecule has 0 atom stereocenters. The number of hydrogen-bond donors (Lipinski definition) is 1. The number of esters is 1. The average Bonchev–Trinajstić information content (AvgIpc) is 2.79. The van der Waals surface area contributed by atoms with Crippen LogP contribution < -0.4 is 14.9 Å². The van der Waals surface area contributed by atoms with Gasteiger partial charge in [0.1, 0.15) is 11.5 Å². The van der Waals surface area contributed by atoms with Crippen molar-refractivity contribution in [1.29, 1.82) is 0 Å². The summed E-state index contributed by atoms with van der Waals surface area (Å²) in [7, 11) is 0. The van der Waals surface area contributed by atoms with E-state index in [4.69, 9.17) is 32.7 Å². The number of hydrazone groups is 1. The molecule has 1 amide bonds. The molecule has 3 rings (SSSR count). The highest BCUT2D eigenvalue weighted by atomic mass is 35.5. The smallest absolute Gasteiger partial charge is 0.336 e. The van der Waals surface area contributed by atoms with Gasteiger partial charge in [0.25, 0.3) is 5.91 Å². The first-order chi connectivity index (χ1) is 15.5. The van der Waals surface area contributed by atoms with Crippen molar-refractivity contribution in [3.63, 3.8) is 0 Å². The molecule has 1 N–H and O–H groups in total. The van der Waals surface area contributed by atoms with Crippen LogP contribution >= 0.6 is 23.2 Å². The first-order valence-electron chi connectivity index (χ1n) is 9.44. The van der Waals surface area contributed by atoms with Crippen LogP contribution in [0.3, 0.4) is 0 Å². The molecule has 0 spiro atoms. The number of rotatable bonds is 8. The van der Waals surface area contributed by atoms with Crippen LogP contribution in [-0.2, 0) is 9.59 Å². The van der Waals surface area contributed by atoms with Crippen LogP contribution in [0.25, 0.3) is 6.08 Å². The normalized spacial score (nSPS) is 10.9. The van der Waals surface area contributed by atoms with Gasteiger partial charge < -0.3 is 9.47 Å². The van der Waals surface area contributed by atoms with Crippen LogP contribution in [0, 0.1) is 0 Å². The molecule has 3 aromatic rings. The highest BCUT2D eigenvalue weighted by Crippen LogP contribution is 2.27. The van der Waals surface area contributed by atoms with Gasteiger partial charge in [-0.1, -0.05) is 53.5 Å². The Morgan fingerprint density at radius 1 is 0.938 bits per heavy atom. The molecule has 162 valence electrons. The zero-order valence-electron chi connectivity index (χ0n) is 16.7. The van der Waals surface area contributed by atoms with E-state index in [9.17, 15) is 9.59 Å². The SMILES string of the molecule is O=C(COc1ccc(Cl)cc1Cl)N/N=C/c1ccc(OC(=O)/C=C/c2ccccc2)cc1. The van der Waals surface area contributed by atoms with E-state index >= 15 is 0 Å². The summed E-state index contributed by atoms with van der Waals surface area (Å²) >= 11 is 11.8. The molecule has 0 aromatic heterocycles. The first kappa shape index (κ1) is 23.1. The van der Waals surface area contributed by atoms with E-state index in [0.29, 0.717) is 27.1 Å². The molecule has 6 nitrogen and oxygen atoms in total. The molecule has 0 aliphatic carbocycles. The van der Waals surface area contributed by atoms with Gasteiger partial charge in [-0.2, -0.15) is 5.10 Å². The Hall–Kier alpha value is -3.61. The van der Waals surface area contributed by atoms with Crippen molar-refractivity contribution >= 4 is 47.4 Å². The Labute approximate surface area is 195 Å². The van der Waals surface area contributed by atoms with Crippen LogP contribution in [0.15, 0.2) is 84.0 Å². The van der Waals surface area contributed by atoms with Crippen molar-refractivity contribution in [3.05, 3.63) is 100 Å². The first-order valence-corrected chi connectivity index (χ1v) is 10.2. The van der Waals surface area contributed by atoms with E-state index < -0.39 is 11.9 Å². The second-order valence-corrected chi connectivity index (χ2v) is 7.23. The fourth-order valence-electron chi connectivity index (χ4n) is 2.45. The fraction of sp³-hybridized carbons (Fsp3) is 0.0417. The summed E-state index contributed by atoms with van der Waals surface area (Å²) < 4.78 is 10.6.